The van der Waals surface area contributed by atoms with Gasteiger partial charge >= 0.3 is 0 Å². The van der Waals surface area contributed by atoms with Crippen molar-refractivity contribution in [2.24, 2.45) is 0 Å². The van der Waals surface area contributed by atoms with Crippen molar-refractivity contribution in [2.75, 3.05) is 13.7 Å². The number of hydrogen-bond donors (Lipinski definition) is 1. The highest BCUT2D eigenvalue weighted by Crippen LogP contribution is 2.25. The van der Waals surface area contributed by atoms with Crippen molar-refractivity contribution in [3.05, 3.63) is 100 Å². The molecule has 0 aromatic heterocycles. The van der Waals surface area contributed by atoms with Crippen LogP contribution >= 0.6 is 15.9 Å². The van der Waals surface area contributed by atoms with Gasteiger partial charge in [0.05, 0.1) is 11.6 Å². The van der Waals surface area contributed by atoms with Gasteiger partial charge in [-0.15, -0.1) is 0 Å². The van der Waals surface area contributed by atoms with Crippen LogP contribution in [0.5, 0.6) is 5.75 Å². The fourth-order valence-electron chi connectivity index (χ4n) is 2.45. The van der Waals surface area contributed by atoms with Crippen molar-refractivity contribution in [3.63, 3.8) is 0 Å². The van der Waals surface area contributed by atoms with Crippen LogP contribution < -0.4 is 10.1 Å². The summed E-state index contributed by atoms with van der Waals surface area (Å²) >= 11 is 3.46. The Bertz CT molecular complexity index is 807. The van der Waals surface area contributed by atoms with Crippen molar-refractivity contribution >= 4 is 22.2 Å². The SMILES string of the molecule is COc1cc(CCNCc2ccccc2)ccc1Br.O=Cc1ccccc1. The van der Waals surface area contributed by atoms with Crippen LogP contribution in [0, 0.1) is 0 Å². The van der Waals surface area contributed by atoms with Crippen LogP contribution in [0.15, 0.2) is 83.3 Å². The molecule has 3 rings (SSSR count). The maximum absolute atomic E-state index is 10.0. The number of hydrogen-bond acceptors (Lipinski definition) is 3. The predicted octanol–water partition coefficient (Wildman–Crippen LogP) is 5.29. The number of methoxy groups -OCH3 is 1. The molecule has 3 aromatic rings. The standard InChI is InChI=1S/C16H18BrNO.C7H6O/c1-19-16-11-13(7-8-15(16)17)9-10-18-12-14-5-3-2-4-6-14;8-6-7-4-2-1-3-5-7/h2-8,11,18H,9-10,12H2,1H3;1-6H. The zero-order valence-electron chi connectivity index (χ0n) is 15.4. The molecule has 140 valence electrons. The first-order valence-corrected chi connectivity index (χ1v) is 9.59. The Balaban J connectivity index is 0.000000273. The van der Waals surface area contributed by atoms with E-state index in [0.29, 0.717) is 0 Å². The minimum absolute atomic E-state index is 0.729. The molecule has 0 aliphatic rings. The van der Waals surface area contributed by atoms with Crippen LogP contribution in [-0.2, 0) is 13.0 Å². The number of benzene rings is 3. The molecule has 0 bridgehead atoms. The zero-order valence-corrected chi connectivity index (χ0v) is 17.0. The maximum atomic E-state index is 10.0. The number of aldehydes is 1. The van der Waals surface area contributed by atoms with Gasteiger partial charge in [0.1, 0.15) is 12.0 Å². The first kappa shape index (κ1) is 20.9. The molecule has 0 heterocycles. The Morgan fingerprint density at radius 1 is 0.926 bits per heavy atom. The second-order valence-corrected chi connectivity index (χ2v) is 6.76. The third kappa shape index (κ3) is 7.77. The minimum atomic E-state index is 0.729. The van der Waals surface area contributed by atoms with Crippen LogP contribution in [-0.4, -0.2) is 19.9 Å². The van der Waals surface area contributed by atoms with Gasteiger partial charge in [0.25, 0.3) is 0 Å². The quantitative estimate of drug-likeness (QED) is 0.412. The number of rotatable bonds is 7. The van der Waals surface area contributed by atoms with E-state index in [4.69, 9.17) is 4.74 Å². The van der Waals surface area contributed by atoms with E-state index in [1.54, 1.807) is 19.2 Å². The Hall–Kier alpha value is -2.43. The lowest BCUT2D eigenvalue weighted by molar-refractivity contribution is 0.112. The highest BCUT2D eigenvalue weighted by Gasteiger charge is 2.01. The summed E-state index contributed by atoms with van der Waals surface area (Å²) in [6.45, 7) is 1.87. The normalized spacial score (nSPS) is 9.85. The molecular formula is C23H24BrNO2. The molecule has 1 N–H and O–H groups in total. The second-order valence-electron chi connectivity index (χ2n) is 5.91. The Morgan fingerprint density at radius 3 is 2.19 bits per heavy atom. The topological polar surface area (TPSA) is 38.3 Å². The average Bonchev–Trinajstić information content (AvgIpc) is 2.74. The highest BCUT2D eigenvalue weighted by atomic mass is 79.9. The van der Waals surface area contributed by atoms with Crippen LogP contribution in [0.2, 0.25) is 0 Å². The third-order valence-corrected chi connectivity index (χ3v) is 4.57. The summed E-state index contributed by atoms with van der Waals surface area (Å²) < 4.78 is 6.29. The molecule has 0 unspecified atom stereocenters. The Kier molecular flexibility index (Phi) is 9.31. The summed E-state index contributed by atoms with van der Waals surface area (Å²) in [4.78, 5) is 10.0. The van der Waals surface area contributed by atoms with E-state index in [1.165, 1.54) is 11.1 Å². The third-order valence-electron chi connectivity index (χ3n) is 3.91. The fourth-order valence-corrected chi connectivity index (χ4v) is 2.86. The van der Waals surface area contributed by atoms with E-state index in [2.05, 4.69) is 57.6 Å². The van der Waals surface area contributed by atoms with Gasteiger partial charge in [0.15, 0.2) is 0 Å². The van der Waals surface area contributed by atoms with E-state index in [0.717, 1.165) is 41.6 Å². The number of ether oxygens (including phenoxy) is 1. The second kappa shape index (κ2) is 12.0. The number of halogens is 1. The number of carbonyl (C=O) groups is 1. The van der Waals surface area contributed by atoms with Crippen molar-refractivity contribution < 1.29 is 9.53 Å². The Labute approximate surface area is 169 Å². The molecule has 0 fully saturated rings. The summed E-state index contributed by atoms with van der Waals surface area (Å²) in [6, 6.07) is 25.8. The molecule has 0 atom stereocenters. The predicted molar refractivity (Wildman–Crippen MR) is 114 cm³/mol. The molecule has 4 heteroatoms. The van der Waals surface area contributed by atoms with Crippen molar-refractivity contribution in [1.29, 1.82) is 0 Å². The zero-order chi connectivity index (χ0) is 19.3. The van der Waals surface area contributed by atoms with Crippen molar-refractivity contribution in [3.8, 4) is 5.75 Å². The molecule has 0 saturated heterocycles. The molecule has 3 nitrogen and oxygen atoms in total. The molecule has 0 aliphatic carbocycles. The summed E-state index contributed by atoms with van der Waals surface area (Å²) in [5.41, 5.74) is 3.32. The summed E-state index contributed by atoms with van der Waals surface area (Å²) in [5, 5.41) is 3.45. The first-order valence-electron chi connectivity index (χ1n) is 8.80. The van der Waals surface area contributed by atoms with Gasteiger partial charge in [-0.25, -0.2) is 0 Å². The Morgan fingerprint density at radius 2 is 1.59 bits per heavy atom. The number of nitrogens with one attached hydrogen (secondary N) is 1. The van der Waals surface area contributed by atoms with Crippen molar-refractivity contribution in [2.45, 2.75) is 13.0 Å². The average molecular weight is 426 g/mol. The summed E-state index contributed by atoms with van der Waals surface area (Å²) in [7, 11) is 1.69. The lowest BCUT2D eigenvalue weighted by Gasteiger charge is -2.08. The van der Waals surface area contributed by atoms with Crippen LogP contribution in [0.4, 0.5) is 0 Å². The smallest absolute Gasteiger partial charge is 0.150 e. The number of carbonyl (C=O) groups excluding carboxylic acids is 1. The van der Waals surface area contributed by atoms with E-state index in [1.807, 2.05) is 30.3 Å². The first-order chi connectivity index (χ1) is 13.2. The fraction of sp³-hybridized carbons (Fsp3) is 0.174. The van der Waals surface area contributed by atoms with E-state index >= 15 is 0 Å². The molecule has 0 aliphatic heterocycles. The van der Waals surface area contributed by atoms with Crippen LogP contribution in [0.25, 0.3) is 0 Å². The van der Waals surface area contributed by atoms with Gasteiger partial charge in [0.2, 0.25) is 0 Å². The van der Waals surface area contributed by atoms with E-state index in [9.17, 15) is 4.79 Å². The van der Waals surface area contributed by atoms with E-state index < -0.39 is 0 Å². The molecule has 0 radical (unpaired) electrons. The van der Waals surface area contributed by atoms with Gasteiger partial charge in [-0.05, 0) is 52.2 Å². The van der Waals surface area contributed by atoms with Crippen molar-refractivity contribution in [1.82, 2.24) is 5.32 Å². The van der Waals surface area contributed by atoms with Gasteiger partial charge in [-0.3, -0.25) is 4.79 Å². The minimum Gasteiger partial charge on any atom is -0.496 e. The largest absolute Gasteiger partial charge is 0.496 e. The van der Waals surface area contributed by atoms with E-state index in [-0.39, 0.29) is 0 Å². The lowest BCUT2D eigenvalue weighted by Crippen LogP contribution is -2.16. The van der Waals surface area contributed by atoms with Gasteiger partial charge in [-0.1, -0.05) is 66.7 Å². The van der Waals surface area contributed by atoms with Crippen LogP contribution in [0.3, 0.4) is 0 Å². The molecule has 0 saturated carbocycles. The lowest BCUT2D eigenvalue weighted by atomic mass is 10.1. The highest BCUT2D eigenvalue weighted by molar-refractivity contribution is 9.10. The summed E-state index contributed by atoms with van der Waals surface area (Å²) in [6.07, 6.45) is 1.83. The molecule has 0 spiro atoms. The molecule has 27 heavy (non-hydrogen) atoms. The van der Waals surface area contributed by atoms with Gasteiger partial charge in [0, 0.05) is 12.1 Å². The van der Waals surface area contributed by atoms with Crippen LogP contribution in [0.1, 0.15) is 21.5 Å². The van der Waals surface area contributed by atoms with Gasteiger partial charge < -0.3 is 10.1 Å². The molecule has 3 aromatic carbocycles. The van der Waals surface area contributed by atoms with Gasteiger partial charge in [-0.2, -0.15) is 0 Å². The molecule has 0 amide bonds. The summed E-state index contributed by atoms with van der Waals surface area (Å²) in [5.74, 6) is 0.889. The maximum Gasteiger partial charge on any atom is 0.150 e. The molecular weight excluding hydrogens is 402 g/mol. The monoisotopic (exact) mass is 425 g/mol.